The zero-order chi connectivity index (χ0) is 15.2. The summed E-state index contributed by atoms with van der Waals surface area (Å²) in [6.45, 7) is 3.30. The number of benzene rings is 1. The van der Waals surface area contributed by atoms with Gasteiger partial charge in [0.15, 0.2) is 5.78 Å². The summed E-state index contributed by atoms with van der Waals surface area (Å²) in [5.74, 6) is -0.0559. The van der Waals surface area contributed by atoms with Crippen molar-refractivity contribution < 1.29 is 14.4 Å². The quantitative estimate of drug-likeness (QED) is 0.662. The number of ketones is 1. The van der Waals surface area contributed by atoms with Crippen LogP contribution in [-0.4, -0.2) is 42.5 Å². The molecule has 0 bridgehead atoms. The second-order valence-corrected chi connectivity index (χ2v) is 5.46. The number of amides is 1. The summed E-state index contributed by atoms with van der Waals surface area (Å²) in [4.78, 5) is 36.0. The highest BCUT2D eigenvalue weighted by Crippen LogP contribution is 2.15. The van der Waals surface area contributed by atoms with Crippen LogP contribution in [0.1, 0.15) is 30.1 Å². The fourth-order valence-electron chi connectivity index (χ4n) is 2.54. The van der Waals surface area contributed by atoms with Crippen LogP contribution in [0.5, 0.6) is 0 Å². The maximum atomic E-state index is 12.0. The van der Waals surface area contributed by atoms with Gasteiger partial charge in [-0.3, -0.25) is 14.5 Å². The molecule has 1 heterocycles. The Kier molecular flexibility index (Phi) is 5.22. The molecule has 0 radical (unpaired) electrons. The molecular formula is C16H20N2O3. The number of hydrogen-bond donors (Lipinski definition) is 1. The van der Waals surface area contributed by atoms with E-state index in [1.165, 1.54) is 6.92 Å². The normalized spacial score (nSPS) is 19.0. The Morgan fingerprint density at radius 2 is 2.05 bits per heavy atom. The number of anilines is 1. The van der Waals surface area contributed by atoms with Crippen LogP contribution in [0.3, 0.4) is 0 Å². The number of Topliss-reactive ketones (excluding diaryl/α,β-unsaturated/α-hetero) is 1. The maximum Gasteiger partial charge on any atom is 0.238 e. The van der Waals surface area contributed by atoms with E-state index in [0.29, 0.717) is 24.3 Å². The number of piperidine rings is 1. The molecule has 1 saturated heterocycles. The molecule has 1 N–H and O–H groups in total. The topological polar surface area (TPSA) is 66.5 Å². The molecule has 1 aromatic rings. The summed E-state index contributed by atoms with van der Waals surface area (Å²) in [5, 5.41) is 2.81. The van der Waals surface area contributed by atoms with Gasteiger partial charge in [0.05, 0.1) is 6.54 Å². The minimum absolute atomic E-state index is 0.00102. The van der Waals surface area contributed by atoms with Crippen molar-refractivity contribution in [2.24, 2.45) is 5.92 Å². The lowest BCUT2D eigenvalue weighted by molar-refractivity contribution is -0.119. The Hall–Kier alpha value is -2.01. The number of carbonyl (C=O) groups is 3. The molecule has 5 nitrogen and oxygen atoms in total. The Bertz CT molecular complexity index is 525. The van der Waals surface area contributed by atoms with Gasteiger partial charge in [0, 0.05) is 23.7 Å². The first-order valence-corrected chi connectivity index (χ1v) is 7.17. The fourth-order valence-corrected chi connectivity index (χ4v) is 2.54. The summed E-state index contributed by atoms with van der Waals surface area (Å²) in [6, 6.07) is 6.83. The number of nitrogens with zero attached hydrogens (tertiary/aromatic N) is 1. The summed E-state index contributed by atoms with van der Waals surface area (Å²) in [6.07, 6.45) is 2.84. The molecule has 1 aliphatic rings. The van der Waals surface area contributed by atoms with Crippen molar-refractivity contribution in [1.29, 1.82) is 0 Å². The van der Waals surface area contributed by atoms with Crippen LogP contribution < -0.4 is 5.32 Å². The minimum atomic E-state index is -0.0999. The molecule has 0 aromatic heterocycles. The molecule has 1 atom stereocenters. The number of likely N-dealkylation sites (tertiary alicyclic amines) is 1. The first-order chi connectivity index (χ1) is 10.1. The third-order valence-corrected chi connectivity index (χ3v) is 3.68. The lowest BCUT2D eigenvalue weighted by Gasteiger charge is -2.29. The molecule has 1 aliphatic heterocycles. The number of aldehydes is 1. The predicted octanol–water partition coefficient (Wildman–Crippen LogP) is 1.74. The van der Waals surface area contributed by atoms with Crippen LogP contribution >= 0.6 is 0 Å². The SMILES string of the molecule is CC(=O)c1ccc(NC(=O)CN2CCCC(C=O)C2)cc1. The van der Waals surface area contributed by atoms with Crippen molar-refractivity contribution in [2.45, 2.75) is 19.8 Å². The molecule has 1 fully saturated rings. The zero-order valence-corrected chi connectivity index (χ0v) is 12.2. The maximum absolute atomic E-state index is 12.0. The minimum Gasteiger partial charge on any atom is -0.325 e. The first-order valence-electron chi connectivity index (χ1n) is 7.17. The Morgan fingerprint density at radius 3 is 2.67 bits per heavy atom. The van der Waals surface area contributed by atoms with Crippen LogP contribution in [0.25, 0.3) is 0 Å². The monoisotopic (exact) mass is 288 g/mol. The summed E-state index contributed by atoms with van der Waals surface area (Å²) in [7, 11) is 0. The highest BCUT2D eigenvalue weighted by atomic mass is 16.2. The molecule has 2 rings (SSSR count). The van der Waals surface area contributed by atoms with Crippen LogP contribution in [0.15, 0.2) is 24.3 Å². The fraction of sp³-hybridized carbons (Fsp3) is 0.438. The summed E-state index contributed by atoms with van der Waals surface area (Å²) < 4.78 is 0. The molecule has 1 aromatic carbocycles. The van der Waals surface area contributed by atoms with Crippen molar-refractivity contribution in [2.75, 3.05) is 25.0 Å². The average molecular weight is 288 g/mol. The highest BCUT2D eigenvalue weighted by molar-refractivity contribution is 5.96. The third-order valence-electron chi connectivity index (χ3n) is 3.68. The smallest absolute Gasteiger partial charge is 0.238 e. The first kappa shape index (κ1) is 15.4. The van der Waals surface area contributed by atoms with Crippen LogP contribution in [0.2, 0.25) is 0 Å². The third kappa shape index (κ3) is 4.49. The molecule has 1 amide bonds. The van der Waals surface area contributed by atoms with Gasteiger partial charge in [-0.25, -0.2) is 0 Å². The molecule has 0 saturated carbocycles. The average Bonchev–Trinajstić information content (AvgIpc) is 2.47. The van der Waals surface area contributed by atoms with E-state index in [1.807, 2.05) is 4.90 Å². The largest absolute Gasteiger partial charge is 0.325 e. The van der Waals surface area contributed by atoms with Gasteiger partial charge in [-0.2, -0.15) is 0 Å². The van der Waals surface area contributed by atoms with Gasteiger partial charge >= 0.3 is 0 Å². The summed E-state index contributed by atoms with van der Waals surface area (Å²) >= 11 is 0. The number of nitrogens with one attached hydrogen (secondary N) is 1. The van der Waals surface area contributed by atoms with E-state index in [0.717, 1.165) is 25.7 Å². The summed E-state index contributed by atoms with van der Waals surface area (Å²) in [5.41, 5.74) is 1.30. The van der Waals surface area contributed by atoms with E-state index < -0.39 is 0 Å². The van der Waals surface area contributed by atoms with Crippen LogP contribution in [-0.2, 0) is 9.59 Å². The van der Waals surface area contributed by atoms with Gasteiger partial charge in [-0.05, 0) is 50.6 Å². The Labute approximate surface area is 124 Å². The van der Waals surface area contributed by atoms with Crippen molar-refractivity contribution in [1.82, 2.24) is 4.90 Å². The Morgan fingerprint density at radius 1 is 1.33 bits per heavy atom. The van der Waals surface area contributed by atoms with E-state index in [9.17, 15) is 14.4 Å². The van der Waals surface area contributed by atoms with E-state index >= 15 is 0 Å². The number of carbonyl (C=O) groups excluding carboxylic acids is 3. The van der Waals surface area contributed by atoms with E-state index in [1.54, 1.807) is 24.3 Å². The van der Waals surface area contributed by atoms with Gasteiger partial charge in [-0.15, -0.1) is 0 Å². The lowest BCUT2D eigenvalue weighted by atomic mass is 10.00. The van der Waals surface area contributed by atoms with E-state index in [4.69, 9.17) is 0 Å². The van der Waals surface area contributed by atoms with Crippen LogP contribution in [0, 0.1) is 5.92 Å². The molecular weight excluding hydrogens is 268 g/mol. The predicted molar refractivity (Wildman–Crippen MR) is 80.3 cm³/mol. The Balaban J connectivity index is 1.86. The van der Waals surface area contributed by atoms with Crippen molar-refractivity contribution >= 4 is 23.7 Å². The van der Waals surface area contributed by atoms with Crippen molar-refractivity contribution in [3.05, 3.63) is 29.8 Å². The molecule has 112 valence electrons. The zero-order valence-electron chi connectivity index (χ0n) is 12.2. The van der Waals surface area contributed by atoms with Gasteiger partial charge in [0.1, 0.15) is 6.29 Å². The van der Waals surface area contributed by atoms with E-state index in [-0.39, 0.29) is 17.6 Å². The highest BCUT2D eigenvalue weighted by Gasteiger charge is 2.20. The second kappa shape index (κ2) is 7.13. The second-order valence-electron chi connectivity index (χ2n) is 5.46. The van der Waals surface area contributed by atoms with Gasteiger partial charge in [-0.1, -0.05) is 0 Å². The lowest BCUT2D eigenvalue weighted by Crippen LogP contribution is -2.40. The standard InChI is InChI=1S/C16H20N2O3/c1-12(20)14-4-6-15(7-5-14)17-16(21)10-18-8-2-3-13(9-18)11-19/h4-7,11,13H,2-3,8-10H2,1H3,(H,17,21). The van der Waals surface area contributed by atoms with Crippen LogP contribution in [0.4, 0.5) is 5.69 Å². The molecule has 0 aliphatic carbocycles. The molecule has 21 heavy (non-hydrogen) atoms. The van der Waals surface area contributed by atoms with E-state index in [2.05, 4.69) is 5.32 Å². The molecule has 1 unspecified atom stereocenters. The van der Waals surface area contributed by atoms with Gasteiger partial charge in [0.2, 0.25) is 5.91 Å². The van der Waals surface area contributed by atoms with Gasteiger partial charge < -0.3 is 10.1 Å². The van der Waals surface area contributed by atoms with Gasteiger partial charge in [0.25, 0.3) is 0 Å². The van der Waals surface area contributed by atoms with Crippen molar-refractivity contribution in [3.63, 3.8) is 0 Å². The molecule has 0 spiro atoms. The number of rotatable bonds is 5. The molecule has 5 heteroatoms. The van der Waals surface area contributed by atoms with Crippen molar-refractivity contribution in [3.8, 4) is 0 Å². The number of hydrogen-bond acceptors (Lipinski definition) is 4.